The third kappa shape index (κ3) is 4.83. The molecule has 0 spiro atoms. The number of aryl methyl sites for hydroxylation is 4. The molecule has 5 heteroatoms. The Morgan fingerprint density at radius 1 is 0.781 bits per heavy atom. The highest BCUT2D eigenvalue weighted by Gasteiger charge is 2.12. The number of aromatic nitrogens is 2. The second-order valence-corrected chi connectivity index (χ2v) is 7.99. The van der Waals surface area contributed by atoms with Crippen LogP contribution in [0.1, 0.15) is 32.9 Å². The molecule has 0 aliphatic rings. The van der Waals surface area contributed by atoms with Crippen LogP contribution in [0.5, 0.6) is 0 Å². The molecule has 160 valence electrons. The van der Waals surface area contributed by atoms with Gasteiger partial charge in [-0.1, -0.05) is 54.1 Å². The number of rotatable bonds is 5. The fraction of sp³-hybridized carbons (Fsp3) is 0.148. The zero-order chi connectivity index (χ0) is 22.7. The zero-order valence-electron chi connectivity index (χ0n) is 18.7. The second-order valence-electron chi connectivity index (χ2n) is 7.99. The van der Waals surface area contributed by atoms with Crippen molar-refractivity contribution in [3.63, 3.8) is 0 Å². The van der Waals surface area contributed by atoms with Crippen molar-refractivity contribution in [3.05, 3.63) is 101 Å². The van der Waals surface area contributed by atoms with Gasteiger partial charge in [0.05, 0.1) is 5.69 Å². The fourth-order valence-corrected chi connectivity index (χ4v) is 3.84. The van der Waals surface area contributed by atoms with E-state index < -0.39 is 0 Å². The van der Waals surface area contributed by atoms with E-state index in [1.54, 1.807) is 6.07 Å². The van der Waals surface area contributed by atoms with Gasteiger partial charge in [0.2, 0.25) is 0 Å². The van der Waals surface area contributed by atoms with Gasteiger partial charge in [-0.2, -0.15) is 0 Å². The molecule has 0 bridgehead atoms. The van der Waals surface area contributed by atoms with Gasteiger partial charge in [0.15, 0.2) is 0 Å². The van der Waals surface area contributed by atoms with Gasteiger partial charge in [-0.15, -0.1) is 0 Å². The van der Waals surface area contributed by atoms with Crippen molar-refractivity contribution in [1.82, 2.24) is 9.97 Å². The smallest absolute Gasteiger partial charge is 0.255 e. The van der Waals surface area contributed by atoms with Gasteiger partial charge in [0, 0.05) is 28.6 Å². The summed E-state index contributed by atoms with van der Waals surface area (Å²) in [6.45, 7) is 7.94. The molecule has 0 unspecified atom stereocenters. The molecule has 0 saturated heterocycles. The molecule has 1 amide bonds. The molecule has 5 nitrogen and oxygen atoms in total. The van der Waals surface area contributed by atoms with Crippen LogP contribution >= 0.6 is 0 Å². The lowest BCUT2D eigenvalue weighted by atomic mass is 10.0. The van der Waals surface area contributed by atoms with E-state index in [1.807, 2.05) is 75.4 Å². The van der Waals surface area contributed by atoms with Crippen LogP contribution in [0, 0.1) is 27.7 Å². The molecule has 0 aliphatic carbocycles. The van der Waals surface area contributed by atoms with Gasteiger partial charge in [-0.25, -0.2) is 9.97 Å². The SMILES string of the molecule is Cc1cc(C)c(NC(=O)c2cccc(Nc3cc(-c4ccccc4)nc(C)n3)c2)c(C)c1. The van der Waals surface area contributed by atoms with Gasteiger partial charge in [0.1, 0.15) is 11.6 Å². The number of nitrogens with zero attached hydrogens (tertiary/aromatic N) is 2. The topological polar surface area (TPSA) is 66.9 Å². The molecule has 4 rings (SSSR count). The highest BCUT2D eigenvalue weighted by atomic mass is 16.1. The summed E-state index contributed by atoms with van der Waals surface area (Å²) in [5, 5.41) is 6.37. The number of nitrogens with one attached hydrogen (secondary N) is 2. The Labute approximate surface area is 188 Å². The summed E-state index contributed by atoms with van der Waals surface area (Å²) in [4.78, 5) is 22.0. The molecule has 1 heterocycles. The molecule has 1 aromatic heterocycles. The number of carbonyl (C=O) groups is 1. The lowest BCUT2D eigenvalue weighted by molar-refractivity contribution is 0.102. The zero-order valence-corrected chi connectivity index (χ0v) is 18.7. The summed E-state index contributed by atoms with van der Waals surface area (Å²) < 4.78 is 0. The number of hydrogen-bond acceptors (Lipinski definition) is 4. The summed E-state index contributed by atoms with van der Waals surface area (Å²) >= 11 is 0. The first-order chi connectivity index (χ1) is 15.4. The first-order valence-corrected chi connectivity index (χ1v) is 10.6. The summed E-state index contributed by atoms with van der Waals surface area (Å²) in [5.74, 6) is 1.21. The van der Waals surface area contributed by atoms with Gasteiger partial charge in [-0.3, -0.25) is 4.79 Å². The van der Waals surface area contributed by atoms with Crippen molar-refractivity contribution in [2.45, 2.75) is 27.7 Å². The maximum Gasteiger partial charge on any atom is 0.255 e. The Bertz CT molecular complexity index is 1260. The molecule has 0 aliphatic heterocycles. The van der Waals surface area contributed by atoms with E-state index in [0.29, 0.717) is 17.2 Å². The molecule has 32 heavy (non-hydrogen) atoms. The Morgan fingerprint density at radius 2 is 1.50 bits per heavy atom. The Balaban J connectivity index is 1.56. The first-order valence-electron chi connectivity index (χ1n) is 10.6. The molecule has 2 N–H and O–H groups in total. The van der Waals surface area contributed by atoms with E-state index in [9.17, 15) is 4.79 Å². The number of benzene rings is 3. The van der Waals surface area contributed by atoms with Gasteiger partial charge >= 0.3 is 0 Å². The summed E-state index contributed by atoms with van der Waals surface area (Å²) in [5.41, 5.74) is 7.37. The van der Waals surface area contributed by atoms with Crippen molar-refractivity contribution in [3.8, 4) is 11.3 Å². The number of amides is 1. The summed E-state index contributed by atoms with van der Waals surface area (Å²) in [7, 11) is 0. The molecule has 0 radical (unpaired) electrons. The van der Waals surface area contributed by atoms with Crippen molar-refractivity contribution < 1.29 is 4.79 Å². The molecule has 3 aromatic carbocycles. The predicted octanol–water partition coefficient (Wildman–Crippen LogP) is 6.37. The van der Waals surface area contributed by atoms with Crippen LogP contribution in [0.4, 0.5) is 17.2 Å². The Hall–Kier alpha value is -3.99. The van der Waals surface area contributed by atoms with Gasteiger partial charge < -0.3 is 10.6 Å². The number of carbonyl (C=O) groups excluding carboxylic acids is 1. The highest BCUT2D eigenvalue weighted by molar-refractivity contribution is 6.05. The van der Waals surface area contributed by atoms with Crippen molar-refractivity contribution in [2.75, 3.05) is 10.6 Å². The molecule has 4 aromatic rings. The van der Waals surface area contributed by atoms with Crippen LogP contribution in [0.2, 0.25) is 0 Å². The van der Waals surface area contributed by atoms with Crippen LogP contribution < -0.4 is 10.6 Å². The van der Waals surface area contributed by atoms with E-state index in [4.69, 9.17) is 0 Å². The molecular weight excluding hydrogens is 396 g/mol. The lowest BCUT2D eigenvalue weighted by Crippen LogP contribution is -2.14. The van der Waals surface area contributed by atoms with Crippen molar-refractivity contribution in [2.24, 2.45) is 0 Å². The monoisotopic (exact) mass is 422 g/mol. The lowest BCUT2D eigenvalue weighted by Gasteiger charge is -2.14. The van der Waals surface area contributed by atoms with Crippen LogP contribution in [-0.2, 0) is 0 Å². The number of anilines is 3. The van der Waals surface area contributed by atoms with Gasteiger partial charge in [0.25, 0.3) is 5.91 Å². The summed E-state index contributed by atoms with van der Waals surface area (Å²) in [6.07, 6.45) is 0. The highest BCUT2D eigenvalue weighted by Crippen LogP contribution is 2.25. The Kier molecular flexibility index (Phi) is 5.99. The maximum atomic E-state index is 12.9. The summed E-state index contributed by atoms with van der Waals surface area (Å²) in [6, 6.07) is 23.5. The standard InChI is InChI=1S/C27H26N4O/c1-17-13-18(2)26(19(3)14-17)31-27(32)22-11-8-12-23(15-22)30-25-16-24(28-20(4)29-25)21-9-6-5-7-10-21/h5-16H,1-4H3,(H,31,32)(H,28,29,30). The van der Waals surface area contributed by atoms with E-state index in [2.05, 4.69) is 39.7 Å². The van der Waals surface area contributed by atoms with E-state index >= 15 is 0 Å². The van der Waals surface area contributed by atoms with Gasteiger partial charge in [-0.05, 0) is 57.0 Å². The number of hydrogen-bond donors (Lipinski definition) is 2. The predicted molar refractivity (Wildman–Crippen MR) is 131 cm³/mol. The minimum absolute atomic E-state index is 0.146. The van der Waals surface area contributed by atoms with Crippen LogP contribution in [0.15, 0.2) is 72.8 Å². The average Bonchev–Trinajstić information content (AvgIpc) is 2.76. The average molecular weight is 423 g/mol. The van der Waals surface area contributed by atoms with E-state index in [1.165, 1.54) is 5.56 Å². The molecule has 0 atom stereocenters. The molecular formula is C27H26N4O. The Morgan fingerprint density at radius 3 is 2.22 bits per heavy atom. The second kappa shape index (κ2) is 9.02. The normalized spacial score (nSPS) is 10.6. The fourth-order valence-electron chi connectivity index (χ4n) is 3.84. The first kappa shape index (κ1) is 21.2. The van der Waals surface area contributed by atoms with Crippen molar-refractivity contribution in [1.29, 1.82) is 0 Å². The molecule has 0 fully saturated rings. The quantitative estimate of drug-likeness (QED) is 0.392. The minimum Gasteiger partial charge on any atom is -0.340 e. The van der Waals surface area contributed by atoms with Crippen LogP contribution in [0.3, 0.4) is 0 Å². The van der Waals surface area contributed by atoms with E-state index in [-0.39, 0.29) is 5.91 Å². The minimum atomic E-state index is -0.146. The largest absolute Gasteiger partial charge is 0.340 e. The van der Waals surface area contributed by atoms with Crippen molar-refractivity contribution >= 4 is 23.1 Å². The maximum absolute atomic E-state index is 12.9. The van der Waals surface area contributed by atoms with E-state index in [0.717, 1.165) is 33.8 Å². The van der Waals surface area contributed by atoms with Crippen LogP contribution in [0.25, 0.3) is 11.3 Å². The third-order valence-corrected chi connectivity index (χ3v) is 5.22. The third-order valence-electron chi connectivity index (χ3n) is 5.22. The van der Waals surface area contributed by atoms with Crippen LogP contribution in [-0.4, -0.2) is 15.9 Å². The molecule has 0 saturated carbocycles.